The first-order valence-electron chi connectivity index (χ1n) is 9.63. The first-order valence-corrected chi connectivity index (χ1v) is 11.5. The van der Waals surface area contributed by atoms with E-state index in [2.05, 4.69) is 0 Å². The van der Waals surface area contributed by atoms with Gasteiger partial charge >= 0.3 is 0 Å². The second-order valence-corrected chi connectivity index (χ2v) is 9.53. The lowest BCUT2D eigenvalue weighted by Gasteiger charge is -2.29. The largest absolute Gasteiger partial charge is 0.486 e. The predicted octanol–water partition coefficient (Wildman–Crippen LogP) is 2.69. The molecule has 8 heteroatoms. The maximum Gasteiger partial charge on any atom is 0.227 e. The normalized spacial score (nSPS) is 16.3. The zero-order valence-electron chi connectivity index (χ0n) is 16.3. The Bertz CT molecular complexity index is 1120. The van der Waals surface area contributed by atoms with Crippen LogP contribution in [0.15, 0.2) is 58.2 Å². The van der Waals surface area contributed by atoms with Crippen LogP contribution in [0.2, 0.25) is 0 Å². The molecule has 3 aromatic rings. The number of nitrogens with zero attached hydrogens (tertiary/aromatic N) is 2. The molecule has 0 amide bonds. The number of benzene rings is 1. The number of fused-ring (bicyclic) bond motifs is 1. The third-order valence-electron chi connectivity index (χ3n) is 5.31. The Morgan fingerprint density at radius 1 is 1.14 bits per heavy atom. The minimum absolute atomic E-state index is 0.192. The van der Waals surface area contributed by atoms with Crippen LogP contribution in [0.3, 0.4) is 0 Å². The highest BCUT2D eigenvalue weighted by Crippen LogP contribution is 2.20. The van der Waals surface area contributed by atoms with Gasteiger partial charge in [0.1, 0.15) is 12.0 Å². The molecule has 1 aliphatic rings. The van der Waals surface area contributed by atoms with Crippen molar-refractivity contribution in [2.24, 2.45) is 5.92 Å². The van der Waals surface area contributed by atoms with Crippen molar-refractivity contribution in [1.82, 2.24) is 8.87 Å². The molecule has 2 aromatic heterocycles. The van der Waals surface area contributed by atoms with Crippen LogP contribution in [0.25, 0.3) is 10.8 Å². The lowest BCUT2D eigenvalue weighted by Crippen LogP contribution is -2.39. The van der Waals surface area contributed by atoms with Gasteiger partial charge in [-0.2, -0.15) is 0 Å². The third-order valence-corrected chi connectivity index (χ3v) is 6.62. The fourth-order valence-corrected chi connectivity index (χ4v) is 4.53. The van der Waals surface area contributed by atoms with Gasteiger partial charge in [-0.3, -0.25) is 4.79 Å². The van der Waals surface area contributed by atoms with Gasteiger partial charge in [0.15, 0.2) is 0 Å². The molecule has 0 bridgehead atoms. The molecule has 0 radical (unpaired) electrons. The van der Waals surface area contributed by atoms with Crippen molar-refractivity contribution in [3.8, 4) is 5.75 Å². The monoisotopic (exact) mass is 416 g/mol. The van der Waals surface area contributed by atoms with Gasteiger partial charge in [-0.25, -0.2) is 12.7 Å². The third kappa shape index (κ3) is 4.71. The Kier molecular flexibility index (Phi) is 5.47. The van der Waals surface area contributed by atoms with Crippen molar-refractivity contribution >= 4 is 20.8 Å². The summed E-state index contributed by atoms with van der Waals surface area (Å²) in [6.45, 7) is 1.83. The van der Waals surface area contributed by atoms with Crippen molar-refractivity contribution in [3.63, 3.8) is 0 Å². The van der Waals surface area contributed by atoms with E-state index < -0.39 is 10.0 Å². The van der Waals surface area contributed by atoms with Gasteiger partial charge in [-0.05, 0) is 29.5 Å². The highest BCUT2D eigenvalue weighted by Gasteiger charge is 2.25. The lowest BCUT2D eigenvalue weighted by atomic mass is 9.99. The Hall–Kier alpha value is -2.58. The van der Waals surface area contributed by atoms with E-state index in [0.29, 0.717) is 32.0 Å². The minimum atomic E-state index is -3.14. The maximum absolute atomic E-state index is 12.4. The number of sulfonamides is 1. The molecule has 4 rings (SSSR count). The van der Waals surface area contributed by atoms with E-state index in [1.807, 2.05) is 41.2 Å². The molecule has 1 saturated heterocycles. The molecule has 0 saturated carbocycles. The second kappa shape index (κ2) is 8.04. The van der Waals surface area contributed by atoms with Crippen molar-refractivity contribution in [2.75, 3.05) is 26.0 Å². The van der Waals surface area contributed by atoms with Crippen LogP contribution in [-0.2, 0) is 16.6 Å². The van der Waals surface area contributed by atoms with Crippen LogP contribution < -0.4 is 10.2 Å². The topological polar surface area (TPSA) is 81.8 Å². The highest BCUT2D eigenvalue weighted by molar-refractivity contribution is 7.88. The van der Waals surface area contributed by atoms with Gasteiger partial charge in [0.2, 0.25) is 21.2 Å². The summed E-state index contributed by atoms with van der Waals surface area (Å²) >= 11 is 0. The van der Waals surface area contributed by atoms with E-state index in [4.69, 9.17) is 9.15 Å². The van der Waals surface area contributed by atoms with Crippen molar-refractivity contribution in [1.29, 1.82) is 0 Å². The molecular weight excluding hydrogens is 392 g/mol. The first-order chi connectivity index (χ1) is 13.9. The Morgan fingerprint density at radius 2 is 1.79 bits per heavy atom. The van der Waals surface area contributed by atoms with Crippen LogP contribution in [0.4, 0.5) is 0 Å². The van der Waals surface area contributed by atoms with E-state index >= 15 is 0 Å². The average molecular weight is 416 g/mol. The molecule has 7 nitrogen and oxygen atoms in total. The fourth-order valence-electron chi connectivity index (χ4n) is 3.65. The number of hydrogen-bond donors (Lipinski definition) is 0. The summed E-state index contributed by atoms with van der Waals surface area (Å²) in [5.41, 5.74) is -0.212. The van der Waals surface area contributed by atoms with E-state index in [0.717, 1.165) is 23.6 Å². The Balaban J connectivity index is 1.35. The van der Waals surface area contributed by atoms with Gasteiger partial charge in [0, 0.05) is 31.5 Å². The lowest BCUT2D eigenvalue weighted by molar-refractivity contribution is 0.181. The summed E-state index contributed by atoms with van der Waals surface area (Å²) in [5.74, 6) is 0.973. The van der Waals surface area contributed by atoms with Crippen molar-refractivity contribution in [3.05, 3.63) is 65.0 Å². The van der Waals surface area contributed by atoms with E-state index in [-0.39, 0.29) is 17.1 Å². The molecule has 3 heterocycles. The van der Waals surface area contributed by atoms with E-state index in [1.165, 1.54) is 22.9 Å². The molecule has 29 heavy (non-hydrogen) atoms. The molecule has 1 aliphatic heterocycles. The zero-order chi connectivity index (χ0) is 20.4. The van der Waals surface area contributed by atoms with Gasteiger partial charge in [-0.15, -0.1) is 0 Å². The SMILES string of the molecule is CS(=O)(=O)N1CCC(COc2coc(Cn3cc4ccccc4c3)cc2=O)CC1. The molecule has 0 unspecified atom stereocenters. The molecule has 1 fully saturated rings. The van der Waals surface area contributed by atoms with Crippen LogP contribution >= 0.6 is 0 Å². The Labute approximate surface area is 169 Å². The number of ether oxygens (including phenoxy) is 1. The van der Waals surface area contributed by atoms with Crippen LogP contribution in [0, 0.1) is 5.92 Å². The summed E-state index contributed by atoms with van der Waals surface area (Å²) in [5, 5.41) is 2.27. The predicted molar refractivity (Wildman–Crippen MR) is 111 cm³/mol. The van der Waals surface area contributed by atoms with E-state index in [9.17, 15) is 13.2 Å². The molecule has 0 N–H and O–H groups in total. The quantitative estimate of drug-likeness (QED) is 0.617. The molecule has 0 spiro atoms. The summed E-state index contributed by atoms with van der Waals surface area (Å²) in [6, 6.07) is 9.53. The molecule has 1 aromatic carbocycles. The van der Waals surface area contributed by atoms with Gasteiger partial charge < -0.3 is 13.7 Å². The molecule has 154 valence electrons. The number of hydrogen-bond acceptors (Lipinski definition) is 5. The molecule has 0 atom stereocenters. The summed E-state index contributed by atoms with van der Waals surface area (Å²) in [4.78, 5) is 12.4. The zero-order valence-corrected chi connectivity index (χ0v) is 17.1. The summed E-state index contributed by atoms with van der Waals surface area (Å²) in [6.07, 6.45) is 8.07. The Morgan fingerprint density at radius 3 is 2.38 bits per heavy atom. The van der Waals surface area contributed by atoms with Crippen molar-refractivity contribution < 1.29 is 17.6 Å². The molecular formula is C21H24N2O5S. The summed E-state index contributed by atoms with van der Waals surface area (Å²) < 4.78 is 37.9. The van der Waals surface area contributed by atoms with Crippen LogP contribution in [0.5, 0.6) is 5.75 Å². The van der Waals surface area contributed by atoms with Crippen LogP contribution in [-0.4, -0.2) is 43.2 Å². The van der Waals surface area contributed by atoms with Crippen molar-refractivity contribution in [2.45, 2.75) is 19.4 Å². The van der Waals surface area contributed by atoms with E-state index in [1.54, 1.807) is 0 Å². The number of aromatic nitrogens is 1. The van der Waals surface area contributed by atoms with Gasteiger partial charge in [0.25, 0.3) is 0 Å². The smallest absolute Gasteiger partial charge is 0.227 e. The molecule has 0 aliphatic carbocycles. The standard InChI is InChI=1S/C21H24N2O5S/c1-29(25,26)23-8-6-16(7-9-23)14-28-21-15-27-19(10-20(21)24)13-22-11-17-4-2-3-5-18(17)12-22/h2-5,10-12,15-16H,6-9,13-14H2,1H3. The average Bonchev–Trinajstić information content (AvgIpc) is 3.09. The first kappa shape index (κ1) is 19.7. The number of rotatable bonds is 6. The number of piperidine rings is 1. The minimum Gasteiger partial charge on any atom is -0.486 e. The second-order valence-electron chi connectivity index (χ2n) is 7.55. The van der Waals surface area contributed by atoms with Gasteiger partial charge in [-0.1, -0.05) is 24.3 Å². The highest BCUT2D eigenvalue weighted by atomic mass is 32.2. The fraction of sp³-hybridized carbons (Fsp3) is 0.381. The van der Waals surface area contributed by atoms with Gasteiger partial charge in [0.05, 0.1) is 19.4 Å². The summed E-state index contributed by atoms with van der Waals surface area (Å²) in [7, 11) is -3.14. The maximum atomic E-state index is 12.4. The van der Waals surface area contributed by atoms with Crippen LogP contribution in [0.1, 0.15) is 18.6 Å².